The van der Waals surface area contributed by atoms with Crippen LogP contribution in [0.1, 0.15) is 31.4 Å². The first-order valence-corrected chi connectivity index (χ1v) is 5.30. The highest BCUT2D eigenvalue weighted by Crippen LogP contribution is 2.29. The van der Waals surface area contributed by atoms with Gasteiger partial charge in [-0.1, -0.05) is 24.2 Å². The standard InChI is InChI=1S/C12H14F3NO/c1-3-9(2)17-16-8-10-5-4-6-11(7-10)12(13,14)15/h4-9H,3H2,1-2H3. The molecule has 0 aromatic heterocycles. The first-order valence-electron chi connectivity index (χ1n) is 5.30. The van der Waals surface area contributed by atoms with Crippen LogP contribution in [0, 0.1) is 0 Å². The predicted molar refractivity (Wildman–Crippen MR) is 59.9 cm³/mol. The molecular weight excluding hydrogens is 231 g/mol. The van der Waals surface area contributed by atoms with E-state index in [1.54, 1.807) is 6.07 Å². The highest BCUT2D eigenvalue weighted by Gasteiger charge is 2.30. The lowest BCUT2D eigenvalue weighted by Gasteiger charge is -2.07. The third-order valence-electron chi connectivity index (χ3n) is 2.23. The van der Waals surface area contributed by atoms with Crippen LogP contribution in [0.2, 0.25) is 0 Å². The van der Waals surface area contributed by atoms with Crippen LogP contribution < -0.4 is 0 Å². The second-order valence-corrected chi connectivity index (χ2v) is 3.68. The molecule has 1 unspecified atom stereocenters. The van der Waals surface area contributed by atoms with Gasteiger partial charge in [0.15, 0.2) is 0 Å². The van der Waals surface area contributed by atoms with Crippen LogP contribution >= 0.6 is 0 Å². The molecule has 0 N–H and O–H groups in total. The van der Waals surface area contributed by atoms with Crippen molar-refractivity contribution in [2.45, 2.75) is 32.5 Å². The van der Waals surface area contributed by atoms with Crippen LogP contribution in [0.5, 0.6) is 0 Å². The van der Waals surface area contributed by atoms with E-state index in [-0.39, 0.29) is 6.10 Å². The molecule has 1 atom stereocenters. The smallest absolute Gasteiger partial charge is 0.393 e. The van der Waals surface area contributed by atoms with Crippen molar-refractivity contribution in [2.24, 2.45) is 5.16 Å². The lowest BCUT2D eigenvalue weighted by Crippen LogP contribution is -2.05. The van der Waals surface area contributed by atoms with Gasteiger partial charge < -0.3 is 4.84 Å². The highest BCUT2D eigenvalue weighted by atomic mass is 19.4. The molecule has 0 fully saturated rings. The summed E-state index contributed by atoms with van der Waals surface area (Å²) in [6.07, 6.45) is -2.31. The maximum atomic E-state index is 12.4. The first kappa shape index (κ1) is 13.5. The number of halogens is 3. The van der Waals surface area contributed by atoms with E-state index in [0.717, 1.165) is 18.6 Å². The van der Waals surface area contributed by atoms with E-state index < -0.39 is 11.7 Å². The van der Waals surface area contributed by atoms with Crippen LogP contribution in [0.15, 0.2) is 29.4 Å². The van der Waals surface area contributed by atoms with Gasteiger partial charge in [-0.05, 0) is 31.0 Å². The first-order chi connectivity index (χ1) is 7.93. The van der Waals surface area contributed by atoms with Crippen molar-refractivity contribution < 1.29 is 18.0 Å². The molecule has 0 aliphatic heterocycles. The fraction of sp³-hybridized carbons (Fsp3) is 0.417. The third kappa shape index (κ3) is 4.46. The molecule has 1 aromatic rings. The minimum Gasteiger partial charge on any atom is -0.393 e. The summed E-state index contributed by atoms with van der Waals surface area (Å²) in [5.74, 6) is 0. The topological polar surface area (TPSA) is 21.6 Å². The number of alkyl halides is 3. The molecule has 94 valence electrons. The third-order valence-corrected chi connectivity index (χ3v) is 2.23. The van der Waals surface area contributed by atoms with Gasteiger partial charge in [0.25, 0.3) is 0 Å². The molecule has 0 amide bonds. The van der Waals surface area contributed by atoms with Gasteiger partial charge in [-0.2, -0.15) is 13.2 Å². The molecule has 0 saturated heterocycles. The molecule has 17 heavy (non-hydrogen) atoms. The van der Waals surface area contributed by atoms with Crippen LogP contribution in [-0.4, -0.2) is 12.3 Å². The SMILES string of the molecule is CCC(C)ON=Cc1cccc(C(F)(F)F)c1. The van der Waals surface area contributed by atoms with Crippen LogP contribution in [-0.2, 0) is 11.0 Å². The van der Waals surface area contributed by atoms with Crippen LogP contribution in [0.3, 0.4) is 0 Å². The summed E-state index contributed by atoms with van der Waals surface area (Å²) in [7, 11) is 0. The molecule has 0 aliphatic carbocycles. The fourth-order valence-electron chi connectivity index (χ4n) is 1.07. The molecular formula is C12H14F3NO. The van der Waals surface area contributed by atoms with Crippen molar-refractivity contribution in [1.29, 1.82) is 0 Å². The van der Waals surface area contributed by atoms with Crippen molar-refractivity contribution in [2.75, 3.05) is 0 Å². The summed E-state index contributed by atoms with van der Waals surface area (Å²) in [6, 6.07) is 4.93. The molecule has 2 nitrogen and oxygen atoms in total. The number of rotatable bonds is 4. The minimum atomic E-state index is -4.33. The van der Waals surface area contributed by atoms with Gasteiger partial charge in [-0.25, -0.2) is 0 Å². The lowest BCUT2D eigenvalue weighted by molar-refractivity contribution is -0.137. The summed E-state index contributed by atoms with van der Waals surface area (Å²) in [6.45, 7) is 3.77. The Labute approximate surface area is 98.1 Å². The Hall–Kier alpha value is -1.52. The Kier molecular flexibility index (Phi) is 4.54. The normalized spacial score (nSPS) is 13.9. The Morgan fingerprint density at radius 2 is 2.12 bits per heavy atom. The van der Waals surface area contributed by atoms with Gasteiger partial charge in [0.1, 0.15) is 6.10 Å². The Morgan fingerprint density at radius 3 is 2.71 bits per heavy atom. The van der Waals surface area contributed by atoms with Crippen molar-refractivity contribution in [3.8, 4) is 0 Å². The molecule has 1 rings (SSSR count). The molecule has 1 aromatic carbocycles. The van der Waals surface area contributed by atoms with E-state index in [1.165, 1.54) is 12.3 Å². The quantitative estimate of drug-likeness (QED) is 0.583. The Morgan fingerprint density at radius 1 is 1.41 bits per heavy atom. The van der Waals surface area contributed by atoms with E-state index in [4.69, 9.17) is 4.84 Å². The molecule has 0 spiro atoms. The number of benzene rings is 1. The second-order valence-electron chi connectivity index (χ2n) is 3.68. The van der Waals surface area contributed by atoms with Crippen LogP contribution in [0.25, 0.3) is 0 Å². The average molecular weight is 245 g/mol. The number of hydrogen-bond donors (Lipinski definition) is 0. The lowest BCUT2D eigenvalue weighted by atomic mass is 10.1. The predicted octanol–water partition coefficient (Wildman–Crippen LogP) is 3.85. The van der Waals surface area contributed by atoms with Gasteiger partial charge in [0.05, 0.1) is 11.8 Å². The van der Waals surface area contributed by atoms with Gasteiger partial charge in [-0.15, -0.1) is 0 Å². The molecule has 0 bridgehead atoms. The molecule has 0 saturated carbocycles. The fourth-order valence-corrected chi connectivity index (χ4v) is 1.07. The summed E-state index contributed by atoms with van der Waals surface area (Å²) < 4.78 is 37.2. The van der Waals surface area contributed by atoms with E-state index in [9.17, 15) is 13.2 Å². The zero-order valence-electron chi connectivity index (χ0n) is 9.66. The van der Waals surface area contributed by atoms with Gasteiger partial charge in [0, 0.05) is 0 Å². The Bertz CT molecular complexity index is 388. The summed E-state index contributed by atoms with van der Waals surface area (Å²) in [4.78, 5) is 5.01. The molecule has 0 heterocycles. The minimum absolute atomic E-state index is 0.0444. The zero-order chi connectivity index (χ0) is 12.9. The van der Waals surface area contributed by atoms with Crippen molar-refractivity contribution in [3.63, 3.8) is 0 Å². The van der Waals surface area contributed by atoms with Gasteiger partial charge >= 0.3 is 6.18 Å². The van der Waals surface area contributed by atoms with Gasteiger partial charge in [-0.3, -0.25) is 0 Å². The summed E-state index contributed by atoms with van der Waals surface area (Å²) in [5.41, 5.74) is -0.326. The molecule has 0 aliphatic rings. The monoisotopic (exact) mass is 245 g/mol. The number of nitrogens with zero attached hydrogens (tertiary/aromatic N) is 1. The van der Waals surface area contributed by atoms with E-state index >= 15 is 0 Å². The Balaban J connectivity index is 2.73. The van der Waals surface area contributed by atoms with Crippen molar-refractivity contribution in [1.82, 2.24) is 0 Å². The van der Waals surface area contributed by atoms with Crippen molar-refractivity contribution in [3.05, 3.63) is 35.4 Å². The number of hydrogen-bond acceptors (Lipinski definition) is 2. The maximum absolute atomic E-state index is 12.4. The number of oxime groups is 1. The van der Waals surface area contributed by atoms with Gasteiger partial charge in [0.2, 0.25) is 0 Å². The van der Waals surface area contributed by atoms with E-state index in [0.29, 0.717) is 5.56 Å². The molecule has 5 heteroatoms. The average Bonchev–Trinajstić information content (AvgIpc) is 2.28. The summed E-state index contributed by atoms with van der Waals surface area (Å²) >= 11 is 0. The van der Waals surface area contributed by atoms with E-state index in [2.05, 4.69) is 5.16 Å². The zero-order valence-corrected chi connectivity index (χ0v) is 9.66. The maximum Gasteiger partial charge on any atom is 0.416 e. The van der Waals surface area contributed by atoms with E-state index in [1.807, 2.05) is 13.8 Å². The van der Waals surface area contributed by atoms with Crippen LogP contribution in [0.4, 0.5) is 13.2 Å². The molecule has 0 radical (unpaired) electrons. The highest BCUT2D eigenvalue weighted by molar-refractivity contribution is 5.79. The summed E-state index contributed by atoms with van der Waals surface area (Å²) in [5, 5.41) is 3.64. The largest absolute Gasteiger partial charge is 0.416 e. The second kappa shape index (κ2) is 5.70. The van der Waals surface area contributed by atoms with Crippen molar-refractivity contribution >= 4 is 6.21 Å².